The number of fused-ring (bicyclic) bond motifs is 1. The summed E-state index contributed by atoms with van der Waals surface area (Å²) in [6.45, 7) is 2.19. The van der Waals surface area contributed by atoms with Crippen molar-refractivity contribution < 1.29 is 10.0 Å². The van der Waals surface area contributed by atoms with Crippen LogP contribution in [0, 0.1) is 10.1 Å². The second-order valence-electron chi connectivity index (χ2n) is 5.40. The molecule has 0 aliphatic carbocycles. The maximum atomic E-state index is 10.7. The van der Waals surface area contributed by atoms with Gasteiger partial charge in [0.2, 0.25) is 0 Å². The lowest BCUT2D eigenvalue weighted by Crippen LogP contribution is -2.39. The summed E-state index contributed by atoms with van der Waals surface area (Å²) >= 11 is 0. The van der Waals surface area contributed by atoms with Gasteiger partial charge in [-0.3, -0.25) is 19.7 Å². The van der Waals surface area contributed by atoms with E-state index in [1.807, 2.05) is 12.1 Å². The fourth-order valence-corrected chi connectivity index (χ4v) is 2.99. The van der Waals surface area contributed by atoms with Crippen LogP contribution >= 0.6 is 0 Å². The Morgan fingerprint density at radius 2 is 2.18 bits per heavy atom. The van der Waals surface area contributed by atoms with Crippen LogP contribution in [0.1, 0.15) is 17.2 Å². The molecule has 2 aromatic rings. The van der Waals surface area contributed by atoms with E-state index >= 15 is 0 Å². The van der Waals surface area contributed by atoms with Crippen LogP contribution in [-0.2, 0) is 13.0 Å². The van der Waals surface area contributed by atoms with Crippen molar-refractivity contribution in [3.05, 3.63) is 57.9 Å². The van der Waals surface area contributed by atoms with Crippen LogP contribution in [0.2, 0.25) is 0 Å². The monoisotopic (exact) mass is 302 g/mol. The quantitative estimate of drug-likeness (QED) is 0.666. The first-order chi connectivity index (χ1) is 10.7. The largest absolute Gasteiger partial charge is 0.394 e. The van der Waals surface area contributed by atoms with Gasteiger partial charge in [0.25, 0.3) is 0 Å². The molecule has 0 fully saturated rings. The van der Waals surface area contributed by atoms with Crippen molar-refractivity contribution in [1.29, 1.82) is 0 Å². The molecule has 116 valence electrons. The maximum absolute atomic E-state index is 10.7. The molecule has 0 spiro atoms. The minimum Gasteiger partial charge on any atom is -0.394 e. The second-order valence-corrected chi connectivity index (χ2v) is 5.40. The molecular formula is C15H18N4O3. The lowest BCUT2D eigenvalue weighted by molar-refractivity contribution is -0.385. The van der Waals surface area contributed by atoms with E-state index in [1.165, 1.54) is 23.5 Å². The fraction of sp³-hybridized carbons (Fsp3) is 0.400. The summed E-state index contributed by atoms with van der Waals surface area (Å²) in [6.07, 6.45) is 3.65. The highest BCUT2D eigenvalue weighted by Gasteiger charge is 2.26. The Balaban J connectivity index is 1.68. The van der Waals surface area contributed by atoms with Crippen LogP contribution < -0.4 is 0 Å². The lowest BCUT2D eigenvalue weighted by Gasteiger charge is -2.36. The number of aromatic nitrogens is 2. The Morgan fingerprint density at radius 1 is 1.36 bits per heavy atom. The molecule has 1 aliphatic rings. The summed E-state index contributed by atoms with van der Waals surface area (Å²) in [5.74, 6) is 0. The van der Waals surface area contributed by atoms with Gasteiger partial charge in [0.05, 0.1) is 24.1 Å². The smallest absolute Gasteiger partial charge is 0.306 e. The molecule has 7 heteroatoms. The summed E-state index contributed by atoms with van der Waals surface area (Å²) in [5.41, 5.74) is 2.46. The number of rotatable bonds is 5. The second kappa shape index (κ2) is 6.25. The molecule has 7 nitrogen and oxygen atoms in total. The van der Waals surface area contributed by atoms with E-state index in [1.54, 1.807) is 4.68 Å². The van der Waals surface area contributed by atoms with Crippen LogP contribution in [0.5, 0.6) is 0 Å². The molecule has 1 aliphatic heterocycles. The number of nitro groups is 1. The summed E-state index contributed by atoms with van der Waals surface area (Å²) in [4.78, 5) is 12.4. The Hall–Kier alpha value is -2.25. The predicted octanol–water partition coefficient (Wildman–Crippen LogP) is 1.38. The minimum absolute atomic E-state index is 0.00250. The molecule has 0 amide bonds. The standard InChI is InChI=1S/C15H18N4O3/c20-11-15-14-4-2-1-3-12(14)5-6-17(15)7-8-18-10-13(9-16-18)19(21)22/h1-4,9-10,15,20H,5-8,11H2. The third-order valence-electron chi connectivity index (χ3n) is 4.14. The highest BCUT2D eigenvalue weighted by Crippen LogP contribution is 2.29. The van der Waals surface area contributed by atoms with Gasteiger partial charge in [0, 0.05) is 13.1 Å². The summed E-state index contributed by atoms with van der Waals surface area (Å²) in [5, 5.41) is 24.4. The Kier molecular flexibility index (Phi) is 4.17. The zero-order chi connectivity index (χ0) is 15.5. The van der Waals surface area contributed by atoms with E-state index in [9.17, 15) is 15.2 Å². The van der Waals surface area contributed by atoms with Crippen molar-refractivity contribution in [2.45, 2.75) is 19.0 Å². The average Bonchev–Trinajstić information content (AvgIpc) is 3.01. The summed E-state index contributed by atoms with van der Waals surface area (Å²) in [7, 11) is 0. The fourth-order valence-electron chi connectivity index (χ4n) is 2.99. The molecule has 1 aromatic heterocycles. The van der Waals surface area contributed by atoms with Crippen LogP contribution in [0.15, 0.2) is 36.7 Å². The Morgan fingerprint density at radius 3 is 2.91 bits per heavy atom. The topological polar surface area (TPSA) is 84.4 Å². The van der Waals surface area contributed by atoms with Gasteiger partial charge >= 0.3 is 5.69 Å². The van der Waals surface area contributed by atoms with Crippen molar-refractivity contribution in [2.24, 2.45) is 0 Å². The van der Waals surface area contributed by atoms with Gasteiger partial charge in [-0.2, -0.15) is 5.10 Å². The Labute approximate surface area is 127 Å². The molecule has 1 unspecified atom stereocenters. The molecule has 0 saturated carbocycles. The molecule has 0 radical (unpaired) electrons. The number of nitrogens with zero attached hydrogens (tertiary/aromatic N) is 4. The van der Waals surface area contributed by atoms with Crippen molar-refractivity contribution in [3.8, 4) is 0 Å². The van der Waals surface area contributed by atoms with Crippen molar-refractivity contribution >= 4 is 5.69 Å². The molecular weight excluding hydrogens is 284 g/mol. The summed E-state index contributed by atoms with van der Waals surface area (Å²) in [6, 6.07) is 8.15. The molecule has 0 saturated heterocycles. The van der Waals surface area contributed by atoms with Gasteiger partial charge in [-0.1, -0.05) is 24.3 Å². The normalized spacial score (nSPS) is 18.1. The lowest BCUT2D eigenvalue weighted by atomic mass is 9.93. The predicted molar refractivity (Wildman–Crippen MR) is 80.4 cm³/mol. The minimum atomic E-state index is -0.447. The van der Waals surface area contributed by atoms with Crippen molar-refractivity contribution in [2.75, 3.05) is 19.7 Å². The van der Waals surface area contributed by atoms with E-state index in [0.717, 1.165) is 13.0 Å². The molecule has 1 atom stereocenters. The van der Waals surface area contributed by atoms with E-state index in [2.05, 4.69) is 22.1 Å². The maximum Gasteiger partial charge on any atom is 0.306 e. The van der Waals surface area contributed by atoms with Gasteiger partial charge in [0.15, 0.2) is 0 Å². The number of benzene rings is 1. The average molecular weight is 302 g/mol. The zero-order valence-corrected chi connectivity index (χ0v) is 12.1. The van der Waals surface area contributed by atoms with Crippen molar-refractivity contribution in [3.63, 3.8) is 0 Å². The van der Waals surface area contributed by atoms with Gasteiger partial charge in [-0.05, 0) is 17.5 Å². The van der Waals surface area contributed by atoms with E-state index in [-0.39, 0.29) is 18.3 Å². The first kappa shape index (κ1) is 14.7. The zero-order valence-electron chi connectivity index (χ0n) is 12.1. The molecule has 3 rings (SSSR count). The summed E-state index contributed by atoms with van der Waals surface area (Å²) < 4.78 is 1.58. The number of aliphatic hydroxyl groups excluding tert-OH is 1. The Bertz CT molecular complexity index is 670. The highest BCUT2D eigenvalue weighted by atomic mass is 16.6. The molecule has 0 bridgehead atoms. The van der Waals surface area contributed by atoms with E-state index in [4.69, 9.17) is 0 Å². The van der Waals surface area contributed by atoms with Crippen molar-refractivity contribution in [1.82, 2.24) is 14.7 Å². The number of hydrogen-bond donors (Lipinski definition) is 1. The molecule has 1 aromatic carbocycles. The molecule has 2 heterocycles. The van der Waals surface area contributed by atoms with E-state index in [0.29, 0.717) is 13.1 Å². The van der Waals surface area contributed by atoms with Gasteiger partial charge in [0.1, 0.15) is 12.4 Å². The van der Waals surface area contributed by atoms with Crippen LogP contribution in [-0.4, -0.2) is 44.4 Å². The van der Waals surface area contributed by atoms with Crippen LogP contribution in [0.4, 0.5) is 5.69 Å². The SMILES string of the molecule is O=[N+]([O-])c1cnn(CCN2CCc3ccccc3C2CO)c1. The number of aliphatic hydroxyl groups is 1. The first-order valence-electron chi connectivity index (χ1n) is 7.28. The van der Waals surface area contributed by atoms with Gasteiger partial charge < -0.3 is 5.11 Å². The van der Waals surface area contributed by atoms with Gasteiger partial charge in [-0.15, -0.1) is 0 Å². The first-order valence-corrected chi connectivity index (χ1v) is 7.28. The molecule has 1 N–H and O–H groups in total. The third-order valence-corrected chi connectivity index (χ3v) is 4.14. The number of hydrogen-bond acceptors (Lipinski definition) is 5. The van der Waals surface area contributed by atoms with Gasteiger partial charge in [-0.25, -0.2) is 0 Å². The van der Waals surface area contributed by atoms with Crippen LogP contribution in [0.25, 0.3) is 0 Å². The van der Waals surface area contributed by atoms with E-state index < -0.39 is 4.92 Å². The third kappa shape index (κ3) is 2.86. The molecule has 22 heavy (non-hydrogen) atoms. The van der Waals surface area contributed by atoms with Crippen LogP contribution in [0.3, 0.4) is 0 Å². The highest BCUT2D eigenvalue weighted by molar-refractivity contribution is 5.32.